The summed E-state index contributed by atoms with van der Waals surface area (Å²) in [5, 5.41) is 0.0512. The van der Waals surface area contributed by atoms with Crippen LogP contribution in [-0.4, -0.2) is 26.9 Å². The number of rotatable bonds is 0. The average molecular weight is 508 g/mol. The summed E-state index contributed by atoms with van der Waals surface area (Å²) in [6, 6.07) is 2.02. The fourth-order valence-electron chi connectivity index (χ4n) is 4.05. The molecule has 128 valence electrons. The molecule has 6 heterocycles. The second kappa shape index (κ2) is 5.13. The highest BCUT2D eigenvalue weighted by molar-refractivity contribution is 9.14. The Bertz CT molecular complexity index is 1110. The molecule has 5 aliphatic rings. The maximum Gasteiger partial charge on any atom is 0.265 e. The van der Waals surface area contributed by atoms with E-state index in [4.69, 9.17) is 0 Å². The van der Waals surface area contributed by atoms with Crippen molar-refractivity contribution in [1.82, 2.24) is 9.80 Å². The molecule has 0 saturated heterocycles. The van der Waals surface area contributed by atoms with Gasteiger partial charge in [-0.15, -0.1) is 23.1 Å². The highest BCUT2D eigenvalue weighted by Gasteiger charge is 2.53. The molecule has 0 aliphatic carbocycles. The number of hydrogen-bond donors (Lipinski definition) is 0. The SMILES string of the molecule is O=C1C2=C3C4SC(Br)=CC4C=CN3C(=O)C2=C2c3sc(Br)cc3C=CN12. The minimum absolute atomic E-state index is 0.0512. The number of carbonyl (C=O) groups excluding carboxylic acids is 2. The molecule has 8 heteroatoms. The van der Waals surface area contributed by atoms with Crippen molar-refractivity contribution in [1.29, 1.82) is 0 Å². The Morgan fingerprint density at radius 2 is 1.85 bits per heavy atom. The van der Waals surface area contributed by atoms with E-state index < -0.39 is 0 Å². The summed E-state index contributed by atoms with van der Waals surface area (Å²) < 4.78 is 2.03. The van der Waals surface area contributed by atoms with E-state index in [2.05, 4.69) is 37.9 Å². The molecule has 4 nitrogen and oxygen atoms in total. The molecule has 0 radical (unpaired) electrons. The summed E-state index contributed by atoms with van der Waals surface area (Å²) in [6.45, 7) is 0. The van der Waals surface area contributed by atoms with Gasteiger partial charge in [0.1, 0.15) is 0 Å². The van der Waals surface area contributed by atoms with E-state index in [0.29, 0.717) is 11.1 Å². The van der Waals surface area contributed by atoms with Crippen molar-refractivity contribution >= 4 is 78.5 Å². The van der Waals surface area contributed by atoms with Gasteiger partial charge in [0.15, 0.2) is 0 Å². The number of hydrogen-bond acceptors (Lipinski definition) is 4. The van der Waals surface area contributed by atoms with Crippen LogP contribution in [0.2, 0.25) is 0 Å². The van der Waals surface area contributed by atoms with Gasteiger partial charge in [-0.3, -0.25) is 19.4 Å². The van der Waals surface area contributed by atoms with Crippen molar-refractivity contribution in [3.63, 3.8) is 0 Å². The van der Waals surface area contributed by atoms with Crippen LogP contribution >= 0.6 is 55.0 Å². The van der Waals surface area contributed by atoms with Gasteiger partial charge in [-0.1, -0.05) is 12.2 Å². The van der Waals surface area contributed by atoms with Gasteiger partial charge in [0, 0.05) is 22.1 Å². The molecule has 2 atom stereocenters. The lowest BCUT2D eigenvalue weighted by atomic mass is 9.97. The van der Waals surface area contributed by atoms with E-state index in [1.54, 1.807) is 39.1 Å². The van der Waals surface area contributed by atoms with Crippen molar-refractivity contribution in [2.75, 3.05) is 0 Å². The summed E-state index contributed by atoms with van der Waals surface area (Å²) in [6.07, 6.45) is 9.70. The van der Waals surface area contributed by atoms with Crippen molar-refractivity contribution in [2.24, 2.45) is 5.92 Å². The lowest BCUT2D eigenvalue weighted by Gasteiger charge is -2.30. The molecule has 0 aromatic carbocycles. The van der Waals surface area contributed by atoms with Crippen LogP contribution in [0.5, 0.6) is 0 Å². The molecule has 6 rings (SSSR count). The Balaban J connectivity index is 1.63. The highest BCUT2D eigenvalue weighted by atomic mass is 79.9. The lowest BCUT2D eigenvalue weighted by Crippen LogP contribution is -2.33. The monoisotopic (exact) mass is 506 g/mol. The van der Waals surface area contributed by atoms with E-state index >= 15 is 0 Å². The molecule has 0 saturated carbocycles. The number of amides is 2. The third-order valence-electron chi connectivity index (χ3n) is 5.10. The van der Waals surface area contributed by atoms with E-state index in [-0.39, 0.29) is 23.0 Å². The molecule has 26 heavy (non-hydrogen) atoms. The highest BCUT2D eigenvalue weighted by Crippen LogP contribution is 2.55. The van der Waals surface area contributed by atoms with E-state index in [1.807, 2.05) is 24.4 Å². The Morgan fingerprint density at radius 3 is 2.69 bits per heavy atom. The largest absolute Gasteiger partial charge is 0.286 e. The van der Waals surface area contributed by atoms with Gasteiger partial charge in [0.25, 0.3) is 11.8 Å². The Kier molecular flexibility index (Phi) is 3.09. The van der Waals surface area contributed by atoms with Crippen molar-refractivity contribution in [3.05, 3.63) is 65.5 Å². The van der Waals surface area contributed by atoms with Gasteiger partial charge in [-0.2, -0.15) is 0 Å². The van der Waals surface area contributed by atoms with Crippen LogP contribution in [0.15, 0.2) is 55.1 Å². The first-order valence-corrected chi connectivity index (χ1v) is 11.2. The third kappa shape index (κ3) is 1.81. The molecule has 1 aromatic heterocycles. The molecule has 2 unspecified atom stereocenters. The van der Waals surface area contributed by atoms with E-state index in [9.17, 15) is 9.59 Å². The minimum atomic E-state index is -0.107. The van der Waals surface area contributed by atoms with Gasteiger partial charge in [0.2, 0.25) is 0 Å². The zero-order valence-electron chi connectivity index (χ0n) is 12.9. The predicted octanol–water partition coefficient (Wildman–Crippen LogP) is 4.64. The maximum absolute atomic E-state index is 13.2. The standard InChI is InChI=1S/C18H8Br2N2O2S2/c19-9-5-7-1-3-21-13(15(7)25-9)11-12(17(21)23)14-16-8(6-10(20)26-16)2-4-22(14)18(11)24/h1-7,15H. The molecule has 0 spiro atoms. The van der Waals surface area contributed by atoms with Crippen molar-refractivity contribution < 1.29 is 9.59 Å². The number of thiophene rings is 1. The average Bonchev–Trinajstić information content (AvgIpc) is 3.30. The first-order chi connectivity index (χ1) is 12.5. The summed E-state index contributed by atoms with van der Waals surface area (Å²) in [5.74, 6) is -0.0208. The van der Waals surface area contributed by atoms with E-state index in [0.717, 1.165) is 29.4 Å². The third-order valence-corrected chi connectivity index (χ3v) is 8.74. The Hall–Kier alpha value is -1.35. The summed E-state index contributed by atoms with van der Waals surface area (Å²) in [4.78, 5) is 30.7. The van der Waals surface area contributed by atoms with Crippen molar-refractivity contribution in [3.8, 4) is 0 Å². The molecular weight excluding hydrogens is 500 g/mol. The number of carbonyl (C=O) groups is 2. The quantitative estimate of drug-likeness (QED) is 0.513. The summed E-state index contributed by atoms with van der Waals surface area (Å²) in [7, 11) is 0. The number of halogens is 2. The van der Waals surface area contributed by atoms with Crippen LogP contribution in [0.25, 0.3) is 11.8 Å². The summed E-state index contributed by atoms with van der Waals surface area (Å²) >= 11 is 10.3. The Labute approximate surface area is 173 Å². The summed E-state index contributed by atoms with van der Waals surface area (Å²) in [5.41, 5.74) is 3.69. The van der Waals surface area contributed by atoms with Gasteiger partial charge in [-0.25, -0.2) is 0 Å². The van der Waals surface area contributed by atoms with Crippen LogP contribution in [0, 0.1) is 5.92 Å². The minimum Gasteiger partial charge on any atom is -0.286 e. The van der Waals surface area contributed by atoms with Gasteiger partial charge in [0.05, 0.1) is 36.5 Å². The zero-order chi connectivity index (χ0) is 17.7. The fourth-order valence-corrected chi connectivity index (χ4v) is 7.76. The van der Waals surface area contributed by atoms with Gasteiger partial charge in [-0.05, 0) is 49.6 Å². The second-order valence-corrected chi connectivity index (χ2v) is 11.4. The smallest absolute Gasteiger partial charge is 0.265 e. The topological polar surface area (TPSA) is 40.6 Å². The van der Waals surface area contributed by atoms with Crippen LogP contribution in [-0.2, 0) is 9.59 Å². The molecule has 2 amide bonds. The number of allylic oxidation sites excluding steroid dienone is 2. The van der Waals surface area contributed by atoms with Crippen LogP contribution in [0.3, 0.4) is 0 Å². The number of nitrogens with zero attached hydrogens (tertiary/aromatic N) is 2. The lowest BCUT2D eigenvalue weighted by molar-refractivity contribution is -0.122. The molecular formula is C18H8Br2N2O2S2. The molecule has 5 aliphatic heterocycles. The first kappa shape index (κ1) is 15.7. The van der Waals surface area contributed by atoms with Gasteiger partial charge < -0.3 is 0 Å². The molecule has 0 fully saturated rings. The first-order valence-electron chi connectivity index (χ1n) is 7.91. The second-order valence-electron chi connectivity index (χ2n) is 6.41. The number of thioether (sulfide) groups is 1. The normalized spacial score (nSPS) is 27.8. The molecule has 1 aromatic rings. The van der Waals surface area contributed by atoms with Crippen LogP contribution in [0.4, 0.5) is 0 Å². The molecule has 0 N–H and O–H groups in total. The van der Waals surface area contributed by atoms with Gasteiger partial charge >= 0.3 is 0 Å². The number of fused-ring (bicyclic) bond motifs is 7. The fraction of sp³-hybridized carbons (Fsp3) is 0.111. The Morgan fingerprint density at radius 1 is 1.04 bits per heavy atom. The zero-order valence-corrected chi connectivity index (χ0v) is 17.7. The molecule has 0 bridgehead atoms. The van der Waals surface area contributed by atoms with E-state index in [1.165, 1.54) is 0 Å². The van der Waals surface area contributed by atoms with Crippen LogP contribution < -0.4 is 0 Å². The predicted molar refractivity (Wildman–Crippen MR) is 110 cm³/mol. The van der Waals surface area contributed by atoms with Crippen molar-refractivity contribution in [2.45, 2.75) is 5.25 Å². The maximum atomic E-state index is 13.2. The van der Waals surface area contributed by atoms with Crippen LogP contribution in [0.1, 0.15) is 10.4 Å².